The fourth-order valence-corrected chi connectivity index (χ4v) is 2.72. The molecule has 0 spiro atoms. The van der Waals surface area contributed by atoms with Crippen LogP contribution in [0.2, 0.25) is 0 Å². The summed E-state index contributed by atoms with van der Waals surface area (Å²) in [5, 5.41) is 2.77. The Morgan fingerprint density at radius 2 is 2.17 bits per heavy atom. The Kier molecular flexibility index (Phi) is 3.90. The lowest BCUT2D eigenvalue weighted by Crippen LogP contribution is -2.65. The molecule has 5 heteroatoms. The van der Waals surface area contributed by atoms with E-state index in [-0.39, 0.29) is 23.9 Å². The van der Waals surface area contributed by atoms with Crippen LogP contribution in [0.15, 0.2) is 0 Å². The molecule has 3 unspecified atom stereocenters. The van der Waals surface area contributed by atoms with Gasteiger partial charge >= 0.3 is 0 Å². The molecule has 2 aliphatic rings. The van der Waals surface area contributed by atoms with Gasteiger partial charge in [0, 0.05) is 6.61 Å². The van der Waals surface area contributed by atoms with Crippen molar-refractivity contribution in [2.75, 3.05) is 13.2 Å². The average Bonchev–Trinajstić information content (AvgIpc) is 2.79. The van der Waals surface area contributed by atoms with E-state index in [2.05, 4.69) is 19.2 Å². The Bertz CT molecular complexity index is 337. The van der Waals surface area contributed by atoms with Crippen LogP contribution in [-0.4, -0.2) is 48.1 Å². The molecule has 2 saturated heterocycles. The normalized spacial score (nSPS) is 33.1. The third-order valence-electron chi connectivity index (χ3n) is 3.62. The van der Waals surface area contributed by atoms with E-state index in [0.717, 1.165) is 6.42 Å². The van der Waals surface area contributed by atoms with Crippen LogP contribution in [-0.2, 0) is 14.3 Å². The molecular weight excluding hydrogens is 232 g/mol. The van der Waals surface area contributed by atoms with Crippen LogP contribution in [0.5, 0.6) is 0 Å². The van der Waals surface area contributed by atoms with Crippen LogP contribution in [0.3, 0.4) is 0 Å². The molecule has 0 aromatic carbocycles. The van der Waals surface area contributed by atoms with Crippen molar-refractivity contribution in [3.05, 3.63) is 0 Å². The number of ether oxygens (including phenoxy) is 1. The van der Waals surface area contributed by atoms with Crippen molar-refractivity contribution in [1.29, 1.82) is 0 Å². The van der Waals surface area contributed by atoms with Crippen LogP contribution in [0.25, 0.3) is 0 Å². The van der Waals surface area contributed by atoms with Gasteiger partial charge in [-0.25, -0.2) is 0 Å². The molecule has 5 nitrogen and oxygen atoms in total. The predicted octanol–water partition coefficient (Wildman–Crippen LogP) is 0.537. The minimum Gasteiger partial charge on any atom is -0.379 e. The maximum atomic E-state index is 12.3. The average molecular weight is 254 g/mol. The van der Waals surface area contributed by atoms with Crippen LogP contribution in [0.4, 0.5) is 0 Å². The summed E-state index contributed by atoms with van der Waals surface area (Å²) in [5.74, 6) is 0.380. The number of carbonyl (C=O) groups is 2. The first-order valence-corrected chi connectivity index (χ1v) is 6.71. The summed E-state index contributed by atoms with van der Waals surface area (Å²) in [5.41, 5.74) is 0. The zero-order chi connectivity index (χ0) is 13.3. The molecule has 102 valence electrons. The Labute approximate surface area is 108 Å². The molecule has 0 bridgehead atoms. The van der Waals surface area contributed by atoms with Gasteiger partial charge in [-0.3, -0.25) is 9.59 Å². The first kappa shape index (κ1) is 13.3. The van der Waals surface area contributed by atoms with Crippen molar-refractivity contribution in [2.24, 2.45) is 5.92 Å². The van der Waals surface area contributed by atoms with Gasteiger partial charge in [-0.2, -0.15) is 0 Å². The lowest BCUT2D eigenvalue weighted by Gasteiger charge is -2.41. The predicted molar refractivity (Wildman–Crippen MR) is 66.9 cm³/mol. The highest BCUT2D eigenvalue weighted by Crippen LogP contribution is 2.24. The van der Waals surface area contributed by atoms with Gasteiger partial charge in [-0.1, -0.05) is 13.8 Å². The smallest absolute Gasteiger partial charge is 0.245 e. The summed E-state index contributed by atoms with van der Waals surface area (Å²) < 4.78 is 5.36. The van der Waals surface area contributed by atoms with Crippen LogP contribution >= 0.6 is 0 Å². The van der Waals surface area contributed by atoms with E-state index in [0.29, 0.717) is 25.6 Å². The van der Waals surface area contributed by atoms with E-state index in [9.17, 15) is 9.59 Å². The summed E-state index contributed by atoms with van der Waals surface area (Å²) in [6.45, 7) is 7.12. The van der Waals surface area contributed by atoms with E-state index in [1.807, 2.05) is 0 Å². The molecular formula is C13H22N2O3. The molecule has 0 aromatic heterocycles. The largest absolute Gasteiger partial charge is 0.379 e. The highest BCUT2D eigenvalue weighted by molar-refractivity contribution is 5.96. The molecule has 3 atom stereocenters. The molecule has 2 aliphatic heterocycles. The lowest BCUT2D eigenvalue weighted by atomic mass is 9.96. The molecule has 2 fully saturated rings. The fraction of sp³-hybridized carbons (Fsp3) is 0.846. The highest BCUT2D eigenvalue weighted by atomic mass is 16.5. The number of hydrogen-bond donors (Lipinski definition) is 1. The third kappa shape index (κ3) is 2.51. The van der Waals surface area contributed by atoms with Gasteiger partial charge in [-0.05, 0) is 25.7 Å². The molecule has 2 heterocycles. The van der Waals surface area contributed by atoms with Crippen molar-refractivity contribution in [3.8, 4) is 0 Å². The number of rotatable bonds is 3. The van der Waals surface area contributed by atoms with Gasteiger partial charge in [0.25, 0.3) is 0 Å². The second-order valence-corrected chi connectivity index (χ2v) is 5.64. The SMILES string of the molecule is CC(C)CC1C(=O)NC(C)C(=O)N1C1CCOC1. The minimum atomic E-state index is -0.415. The first-order chi connectivity index (χ1) is 8.50. The summed E-state index contributed by atoms with van der Waals surface area (Å²) in [7, 11) is 0. The molecule has 1 N–H and O–H groups in total. The number of nitrogens with one attached hydrogen (secondary N) is 1. The highest BCUT2D eigenvalue weighted by Gasteiger charge is 2.43. The van der Waals surface area contributed by atoms with E-state index >= 15 is 0 Å². The van der Waals surface area contributed by atoms with Gasteiger partial charge < -0.3 is 15.0 Å². The van der Waals surface area contributed by atoms with Gasteiger partial charge in [0.15, 0.2) is 0 Å². The van der Waals surface area contributed by atoms with Gasteiger partial charge in [-0.15, -0.1) is 0 Å². The van der Waals surface area contributed by atoms with E-state index in [4.69, 9.17) is 4.74 Å². The standard InChI is InChI=1S/C13H22N2O3/c1-8(2)6-11-12(16)14-9(3)13(17)15(11)10-4-5-18-7-10/h8-11H,4-7H2,1-3H3,(H,14,16). The second kappa shape index (κ2) is 5.26. The zero-order valence-corrected chi connectivity index (χ0v) is 11.3. The molecule has 2 rings (SSSR count). The molecule has 0 radical (unpaired) electrons. The van der Waals surface area contributed by atoms with Gasteiger partial charge in [0.1, 0.15) is 12.1 Å². The minimum absolute atomic E-state index is 0.0238. The quantitative estimate of drug-likeness (QED) is 0.799. The number of carbonyl (C=O) groups excluding carboxylic acids is 2. The second-order valence-electron chi connectivity index (χ2n) is 5.64. The van der Waals surface area contributed by atoms with Gasteiger partial charge in [0.05, 0.1) is 12.6 Å². The Hall–Kier alpha value is -1.10. The van der Waals surface area contributed by atoms with E-state index in [1.165, 1.54) is 0 Å². The van der Waals surface area contributed by atoms with E-state index < -0.39 is 6.04 Å². The number of hydrogen-bond acceptors (Lipinski definition) is 3. The molecule has 18 heavy (non-hydrogen) atoms. The molecule has 2 amide bonds. The maximum Gasteiger partial charge on any atom is 0.245 e. The summed E-state index contributed by atoms with van der Waals surface area (Å²) >= 11 is 0. The Balaban J connectivity index is 2.20. The third-order valence-corrected chi connectivity index (χ3v) is 3.62. The summed E-state index contributed by atoms with van der Waals surface area (Å²) in [4.78, 5) is 26.2. The number of nitrogens with zero attached hydrogens (tertiary/aromatic N) is 1. The van der Waals surface area contributed by atoms with E-state index in [1.54, 1.807) is 11.8 Å². The van der Waals surface area contributed by atoms with Gasteiger partial charge in [0.2, 0.25) is 11.8 Å². The van der Waals surface area contributed by atoms with Crippen LogP contribution in [0, 0.1) is 5.92 Å². The molecule has 0 aliphatic carbocycles. The summed E-state index contributed by atoms with van der Waals surface area (Å²) in [6.07, 6.45) is 1.54. The van der Waals surface area contributed by atoms with Crippen molar-refractivity contribution in [3.63, 3.8) is 0 Å². The number of piperazine rings is 1. The van der Waals surface area contributed by atoms with Crippen LogP contribution < -0.4 is 5.32 Å². The number of amides is 2. The van der Waals surface area contributed by atoms with Crippen molar-refractivity contribution in [2.45, 2.75) is 51.7 Å². The first-order valence-electron chi connectivity index (χ1n) is 6.71. The Morgan fingerprint density at radius 1 is 1.44 bits per heavy atom. The molecule has 0 saturated carbocycles. The Morgan fingerprint density at radius 3 is 2.72 bits per heavy atom. The van der Waals surface area contributed by atoms with Crippen LogP contribution in [0.1, 0.15) is 33.6 Å². The monoisotopic (exact) mass is 254 g/mol. The van der Waals surface area contributed by atoms with Crippen molar-refractivity contribution in [1.82, 2.24) is 10.2 Å². The van der Waals surface area contributed by atoms with Crippen molar-refractivity contribution >= 4 is 11.8 Å². The van der Waals surface area contributed by atoms with Crippen molar-refractivity contribution < 1.29 is 14.3 Å². The fourth-order valence-electron chi connectivity index (χ4n) is 2.72. The lowest BCUT2D eigenvalue weighted by molar-refractivity contribution is -0.152. The zero-order valence-electron chi connectivity index (χ0n) is 11.3. The topological polar surface area (TPSA) is 58.6 Å². The summed E-state index contributed by atoms with van der Waals surface area (Å²) in [6, 6.07) is -0.684. The maximum absolute atomic E-state index is 12.3. The molecule has 0 aromatic rings.